The second kappa shape index (κ2) is 1.86. The number of hydrogen-bond acceptors (Lipinski definition) is 6. The number of hydrogen-bond donors (Lipinski definition) is 2. The van der Waals surface area contributed by atoms with Crippen LogP contribution in [0.3, 0.4) is 0 Å². The number of anilines is 2. The zero-order chi connectivity index (χ0) is 7.97. The maximum absolute atomic E-state index is 4.77. The van der Waals surface area contributed by atoms with E-state index in [-0.39, 0.29) is 0 Å². The third-order valence-corrected chi connectivity index (χ3v) is 1.72. The molecule has 3 rings (SSSR count). The van der Waals surface area contributed by atoms with Crippen LogP contribution in [0.5, 0.6) is 0 Å². The van der Waals surface area contributed by atoms with Crippen molar-refractivity contribution in [1.82, 2.24) is 10.3 Å². The van der Waals surface area contributed by atoms with Crippen molar-refractivity contribution in [3.63, 3.8) is 0 Å². The molecule has 0 bridgehead atoms. The van der Waals surface area contributed by atoms with Crippen molar-refractivity contribution < 1.29 is 9.57 Å². The third kappa shape index (κ3) is 0.615. The number of rotatable bonds is 0. The van der Waals surface area contributed by atoms with Crippen molar-refractivity contribution in [2.45, 2.75) is 0 Å². The van der Waals surface area contributed by atoms with Crippen LogP contribution in [0.25, 0.3) is 11.0 Å². The molecule has 0 saturated carbocycles. The van der Waals surface area contributed by atoms with E-state index in [0.29, 0.717) is 11.0 Å². The van der Waals surface area contributed by atoms with E-state index in [0.717, 1.165) is 11.4 Å². The predicted octanol–water partition coefficient (Wildman–Crippen LogP) is 0.907. The number of nitrogens with zero attached hydrogens (tertiary/aromatic N) is 2. The van der Waals surface area contributed by atoms with Gasteiger partial charge in [-0.25, -0.2) is 15.6 Å². The number of fused-ring (bicyclic) bond motifs is 2. The maximum atomic E-state index is 4.77. The van der Waals surface area contributed by atoms with Crippen LogP contribution in [0.4, 0.5) is 11.4 Å². The standard InChI is InChI=1S/C6H4N4O2/c1-3-5(9-11-7-3)2-6-4(1)8-12-10-6/h1-2,7,9H. The van der Waals surface area contributed by atoms with Gasteiger partial charge in [0.25, 0.3) is 0 Å². The molecular weight excluding hydrogens is 160 g/mol. The van der Waals surface area contributed by atoms with Crippen LogP contribution in [0, 0.1) is 0 Å². The van der Waals surface area contributed by atoms with Gasteiger partial charge in [-0.3, -0.25) is 0 Å². The lowest BCUT2D eigenvalue weighted by Gasteiger charge is -1.91. The van der Waals surface area contributed by atoms with Gasteiger partial charge in [0.2, 0.25) is 0 Å². The lowest BCUT2D eigenvalue weighted by atomic mass is 10.2. The lowest BCUT2D eigenvalue weighted by Crippen LogP contribution is -1.94. The molecule has 1 aliphatic rings. The van der Waals surface area contributed by atoms with Gasteiger partial charge in [0.1, 0.15) is 11.0 Å². The van der Waals surface area contributed by atoms with Gasteiger partial charge in [-0.1, -0.05) is 0 Å². The molecule has 0 atom stereocenters. The van der Waals surface area contributed by atoms with E-state index < -0.39 is 0 Å². The molecule has 2 aromatic rings. The van der Waals surface area contributed by atoms with E-state index in [4.69, 9.17) is 4.94 Å². The Morgan fingerprint density at radius 3 is 2.17 bits per heavy atom. The molecule has 0 aliphatic carbocycles. The Hall–Kier alpha value is -1.82. The van der Waals surface area contributed by atoms with Gasteiger partial charge in [-0.2, -0.15) is 4.94 Å². The van der Waals surface area contributed by atoms with Gasteiger partial charge >= 0.3 is 0 Å². The average Bonchev–Trinajstić information content (AvgIpc) is 2.64. The first-order valence-electron chi connectivity index (χ1n) is 3.38. The molecule has 1 aromatic heterocycles. The van der Waals surface area contributed by atoms with E-state index in [1.165, 1.54) is 0 Å². The molecule has 1 aromatic carbocycles. The summed E-state index contributed by atoms with van der Waals surface area (Å²) in [7, 11) is 0. The summed E-state index contributed by atoms with van der Waals surface area (Å²) >= 11 is 0. The highest BCUT2D eigenvalue weighted by Crippen LogP contribution is 2.29. The van der Waals surface area contributed by atoms with Crippen LogP contribution in [-0.4, -0.2) is 10.3 Å². The minimum Gasteiger partial charge on any atom is -0.243 e. The molecule has 60 valence electrons. The van der Waals surface area contributed by atoms with Gasteiger partial charge in [0, 0.05) is 0 Å². The van der Waals surface area contributed by atoms with Crippen LogP contribution in [0.15, 0.2) is 16.8 Å². The van der Waals surface area contributed by atoms with E-state index in [1.807, 2.05) is 0 Å². The van der Waals surface area contributed by atoms with Crippen molar-refractivity contribution >= 4 is 22.4 Å². The lowest BCUT2D eigenvalue weighted by molar-refractivity contribution is 0.282. The van der Waals surface area contributed by atoms with Crippen LogP contribution in [0.2, 0.25) is 0 Å². The first-order valence-corrected chi connectivity index (χ1v) is 3.38. The molecule has 2 heterocycles. The van der Waals surface area contributed by atoms with Crippen LogP contribution < -0.4 is 11.0 Å². The summed E-state index contributed by atoms with van der Waals surface area (Å²) in [6, 6.07) is 3.59. The molecule has 0 unspecified atom stereocenters. The van der Waals surface area contributed by atoms with Crippen molar-refractivity contribution in [2.24, 2.45) is 0 Å². The van der Waals surface area contributed by atoms with E-state index in [9.17, 15) is 0 Å². The fourth-order valence-electron chi connectivity index (χ4n) is 1.14. The molecule has 0 radical (unpaired) electrons. The molecule has 0 fully saturated rings. The summed E-state index contributed by atoms with van der Waals surface area (Å²) in [6.45, 7) is 0. The number of nitrogens with one attached hydrogen (secondary N) is 2. The highest BCUT2D eigenvalue weighted by Gasteiger charge is 2.13. The maximum Gasteiger partial charge on any atom is 0.137 e. The summed E-state index contributed by atoms with van der Waals surface area (Å²) in [5.41, 5.74) is 8.39. The monoisotopic (exact) mass is 164 g/mol. The third-order valence-electron chi connectivity index (χ3n) is 1.72. The largest absolute Gasteiger partial charge is 0.243 e. The highest BCUT2D eigenvalue weighted by molar-refractivity contribution is 5.87. The Bertz CT molecular complexity index is 400. The zero-order valence-corrected chi connectivity index (χ0v) is 5.87. The van der Waals surface area contributed by atoms with Gasteiger partial charge in [0.05, 0.1) is 11.4 Å². The van der Waals surface area contributed by atoms with Crippen LogP contribution >= 0.6 is 0 Å². The molecular formula is C6H4N4O2. The fraction of sp³-hybridized carbons (Fsp3) is 0. The normalized spacial score (nSPS) is 14.0. The average molecular weight is 164 g/mol. The quantitative estimate of drug-likeness (QED) is 0.602. The predicted molar refractivity (Wildman–Crippen MR) is 40.1 cm³/mol. The van der Waals surface area contributed by atoms with Crippen molar-refractivity contribution in [2.75, 3.05) is 11.0 Å². The zero-order valence-electron chi connectivity index (χ0n) is 5.87. The fourth-order valence-corrected chi connectivity index (χ4v) is 1.14. The Labute approximate surface area is 66.4 Å². The molecule has 0 saturated heterocycles. The molecule has 1 aliphatic heterocycles. The molecule has 2 N–H and O–H groups in total. The SMILES string of the molecule is c1c2c(cc3nonc13)NON2. The second-order valence-corrected chi connectivity index (χ2v) is 2.46. The Morgan fingerprint density at radius 1 is 1.00 bits per heavy atom. The van der Waals surface area contributed by atoms with Crippen LogP contribution in [0.1, 0.15) is 0 Å². The number of aromatic nitrogens is 2. The smallest absolute Gasteiger partial charge is 0.137 e. The molecule has 0 amide bonds. The van der Waals surface area contributed by atoms with Crippen molar-refractivity contribution in [3.8, 4) is 0 Å². The summed E-state index contributed by atoms with van der Waals surface area (Å²) in [5.74, 6) is 0. The Kier molecular flexibility index (Phi) is 0.896. The summed E-state index contributed by atoms with van der Waals surface area (Å²) in [6.07, 6.45) is 0. The minimum absolute atomic E-state index is 0.702. The van der Waals surface area contributed by atoms with Gasteiger partial charge in [-0.05, 0) is 22.4 Å². The Balaban J connectivity index is 2.38. The number of benzene rings is 1. The Morgan fingerprint density at radius 2 is 1.58 bits per heavy atom. The summed E-state index contributed by atoms with van der Waals surface area (Å²) < 4.78 is 4.55. The van der Waals surface area contributed by atoms with Crippen molar-refractivity contribution in [1.29, 1.82) is 0 Å². The highest BCUT2D eigenvalue weighted by atomic mass is 16.8. The topological polar surface area (TPSA) is 72.2 Å². The van der Waals surface area contributed by atoms with Gasteiger partial charge in [-0.15, -0.1) is 0 Å². The van der Waals surface area contributed by atoms with Crippen LogP contribution in [-0.2, 0) is 4.94 Å². The first kappa shape index (κ1) is 5.78. The first-order chi connectivity index (χ1) is 5.93. The van der Waals surface area contributed by atoms with E-state index in [2.05, 4.69) is 25.9 Å². The van der Waals surface area contributed by atoms with Crippen molar-refractivity contribution in [3.05, 3.63) is 12.1 Å². The summed E-state index contributed by atoms with van der Waals surface area (Å²) in [5, 5.41) is 7.37. The minimum atomic E-state index is 0.702. The van der Waals surface area contributed by atoms with E-state index >= 15 is 0 Å². The molecule has 12 heavy (non-hydrogen) atoms. The molecule has 6 heteroatoms. The summed E-state index contributed by atoms with van der Waals surface area (Å²) in [4.78, 5) is 4.77. The molecule has 0 spiro atoms. The van der Waals surface area contributed by atoms with E-state index in [1.54, 1.807) is 12.1 Å². The van der Waals surface area contributed by atoms with Gasteiger partial charge in [0.15, 0.2) is 0 Å². The molecule has 6 nitrogen and oxygen atoms in total. The van der Waals surface area contributed by atoms with Gasteiger partial charge < -0.3 is 0 Å². The second-order valence-electron chi connectivity index (χ2n) is 2.46.